The lowest BCUT2D eigenvalue weighted by Crippen LogP contribution is -1.95. The van der Waals surface area contributed by atoms with Crippen LogP contribution < -0.4 is 0 Å². The monoisotopic (exact) mass is 459 g/mol. The number of rotatable bonds is 1. The SMILES string of the molecule is FC(F)c1cnc(I)c(Br)c1I. The molecule has 0 radical (unpaired) electrons. The first kappa shape index (κ1) is 11.0. The minimum atomic E-state index is -2.46. The smallest absolute Gasteiger partial charge is 0.249 e. The number of alkyl halides is 2. The molecule has 1 aromatic heterocycles. The van der Waals surface area contributed by atoms with Crippen molar-refractivity contribution in [2.45, 2.75) is 6.43 Å². The number of halogens is 5. The van der Waals surface area contributed by atoms with Crippen molar-refractivity contribution in [1.29, 1.82) is 0 Å². The van der Waals surface area contributed by atoms with Crippen LogP contribution in [0.3, 0.4) is 0 Å². The van der Waals surface area contributed by atoms with Crippen LogP contribution in [0.25, 0.3) is 0 Å². The quantitative estimate of drug-likeness (QED) is 0.457. The number of pyridine rings is 1. The summed E-state index contributed by atoms with van der Waals surface area (Å²) in [4.78, 5) is 3.82. The third kappa shape index (κ3) is 2.25. The molecule has 0 aromatic carbocycles. The molecule has 1 heterocycles. The topological polar surface area (TPSA) is 12.9 Å². The molecule has 0 aliphatic carbocycles. The average Bonchev–Trinajstić information content (AvgIpc) is 2.00. The second-order valence-electron chi connectivity index (χ2n) is 1.93. The highest BCUT2D eigenvalue weighted by Gasteiger charge is 2.15. The van der Waals surface area contributed by atoms with Crippen LogP contribution in [0, 0.1) is 7.27 Å². The lowest BCUT2D eigenvalue weighted by Gasteiger charge is -2.05. The van der Waals surface area contributed by atoms with E-state index in [0.29, 0.717) is 11.7 Å². The Morgan fingerprint density at radius 1 is 1.42 bits per heavy atom. The van der Waals surface area contributed by atoms with Crippen molar-refractivity contribution in [3.63, 3.8) is 0 Å². The second kappa shape index (κ2) is 4.45. The Labute approximate surface area is 104 Å². The van der Waals surface area contributed by atoms with Crippen molar-refractivity contribution in [2.24, 2.45) is 0 Å². The second-order valence-corrected chi connectivity index (χ2v) is 4.83. The lowest BCUT2D eigenvalue weighted by molar-refractivity contribution is 0.150. The molecule has 0 unspecified atom stereocenters. The Kier molecular flexibility index (Phi) is 4.09. The molecule has 0 bridgehead atoms. The molecule has 1 aromatic rings. The Hall–Kier alpha value is 0.950. The van der Waals surface area contributed by atoms with Crippen molar-refractivity contribution < 1.29 is 8.78 Å². The number of nitrogens with zero attached hydrogens (tertiary/aromatic N) is 1. The molecule has 1 nitrogen and oxygen atoms in total. The number of hydrogen-bond acceptors (Lipinski definition) is 1. The molecule has 0 spiro atoms. The van der Waals surface area contributed by atoms with Crippen molar-refractivity contribution in [1.82, 2.24) is 4.98 Å². The third-order valence-electron chi connectivity index (χ3n) is 1.18. The van der Waals surface area contributed by atoms with Gasteiger partial charge in [0.15, 0.2) is 0 Å². The standard InChI is InChI=1S/C6H2BrF2I2N/c7-3-4(10)2(5(8)9)1-12-6(3)11/h1,5H. The van der Waals surface area contributed by atoms with E-state index < -0.39 is 6.43 Å². The first-order valence-electron chi connectivity index (χ1n) is 2.81. The summed E-state index contributed by atoms with van der Waals surface area (Å²) in [5.74, 6) is 0. The van der Waals surface area contributed by atoms with Crippen LogP contribution in [0.15, 0.2) is 10.7 Å². The maximum Gasteiger partial charge on any atom is 0.266 e. The molecule has 1 rings (SSSR count). The van der Waals surface area contributed by atoms with Crippen molar-refractivity contribution >= 4 is 61.1 Å². The van der Waals surface area contributed by atoms with Crippen molar-refractivity contribution in [2.75, 3.05) is 0 Å². The zero-order valence-electron chi connectivity index (χ0n) is 5.49. The summed E-state index contributed by atoms with van der Waals surface area (Å²) >= 11 is 7.04. The Morgan fingerprint density at radius 2 is 2.00 bits per heavy atom. The fourth-order valence-electron chi connectivity index (χ4n) is 0.609. The molecule has 0 aliphatic rings. The van der Waals surface area contributed by atoms with Crippen LogP contribution in [-0.2, 0) is 0 Å². The van der Waals surface area contributed by atoms with Crippen LogP contribution in [0.1, 0.15) is 12.0 Å². The highest BCUT2D eigenvalue weighted by Crippen LogP contribution is 2.31. The molecule has 6 heteroatoms. The van der Waals surface area contributed by atoms with E-state index in [2.05, 4.69) is 20.9 Å². The molecule has 0 aliphatic heterocycles. The summed E-state index contributed by atoms with van der Waals surface area (Å²) in [6.07, 6.45) is -1.25. The van der Waals surface area contributed by atoms with Gasteiger partial charge in [0.2, 0.25) is 0 Å². The molecule has 0 amide bonds. The summed E-state index contributed by atoms with van der Waals surface area (Å²) < 4.78 is 26.4. The van der Waals surface area contributed by atoms with Gasteiger partial charge in [0.25, 0.3) is 6.43 Å². The van der Waals surface area contributed by atoms with Gasteiger partial charge >= 0.3 is 0 Å². The van der Waals surface area contributed by atoms with Gasteiger partial charge in [-0.15, -0.1) is 0 Å². The predicted octanol–water partition coefficient (Wildman–Crippen LogP) is 3.99. The van der Waals surface area contributed by atoms with E-state index in [1.165, 1.54) is 6.20 Å². The van der Waals surface area contributed by atoms with Crippen LogP contribution in [0.2, 0.25) is 0 Å². The maximum absolute atomic E-state index is 12.3. The molecule has 0 saturated carbocycles. The van der Waals surface area contributed by atoms with Gasteiger partial charge in [-0.2, -0.15) is 0 Å². The highest BCUT2D eigenvalue weighted by atomic mass is 127. The zero-order valence-corrected chi connectivity index (χ0v) is 11.4. The van der Waals surface area contributed by atoms with E-state index in [1.54, 1.807) is 0 Å². The van der Waals surface area contributed by atoms with Gasteiger partial charge in [0, 0.05) is 9.77 Å². The van der Waals surface area contributed by atoms with Crippen LogP contribution in [0.4, 0.5) is 8.78 Å². The largest absolute Gasteiger partial charge is 0.266 e. The van der Waals surface area contributed by atoms with Gasteiger partial charge in [-0.1, -0.05) is 0 Å². The van der Waals surface area contributed by atoms with Crippen LogP contribution >= 0.6 is 61.1 Å². The van der Waals surface area contributed by atoms with E-state index >= 15 is 0 Å². The highest BCUT2D eigenvalue weighted by molar-refractivity contribution is 14.1. The fourth-order valence-corrected chi connectivity index (χ4v) is 2.50. The predicted molar refractivity (Wildman–Crippen MR) is 62.3 cm³/mol. The summed E-state index contributed by atoms with van der Waals surface area (Å²) in [6, 6.07) is 0. The molecule has 0 atom stereocenters. The third-order valence-corrected chi connectivity index (χ3v) is 5.41. The summed E-state index contributed by atoms with van der Waals surface area (Å²) in [5.41, 5.74) is -0.0251. The number of hydrogen-bond donors (Lipinski definition) is 0. The molecule has 66 valence electrons. The van der Waals surface area contributed by atoms with E-state index in [-0.39, 0.29) is 5.56 Å². The average molecular weight is 460 g/mol. The van der Waals surface area contributed by atoms with Gasteiger partial charge in [-0.3, -0.25) is 0 Å². The molecular formula is C6H2BrF2I2N. The summed E-state index contributed by atoms with van der Waals surface area (Å²) in [6.45, 7) is 0. The Morgan fingerprint density at radius 3 is 2.50 bits per heavy atom. The van der Waals surface area contributed by atoms with Gasteiger partial charge < -0.3 is 0 Å². The van der Waals surface area contributed by atoms with E-state index in [1.807, 2.05) is 45.2 Å². The first-order valence-corrected chi connectivity index (χ1v) is 5.76. The maximum atomic E-state index is 12.3. The zero-order chi connectivity index (χ0) is 9.30. The van der Waals surface area contributed by atoms with E-state index in [9.17, 15) is 8.78 Å². The minimum absolute atomic E-state index is 0.0251. The lowest BCUT2D eigenvalue weighted by atomic mass is 10.3. The van der Waals surface area contributed by atoms with Crippen molar-refractivity contribution in [3.05, 3.63) is 23.5 Å². The van der Waals surface area contributed by atoms with Gasteiger partial charge in [0.05, 0.1) is 10.0 Å². The minimum Gasteiger partial charge on any atom is -0.249 e. The fraction of sp³-hybridized carbons (Fsp3) is 0.167. The number of aromatic nitrogens is 1. The Bertz CT molecular complexity index is 306. The molecule has 0 saturated heterocycles. The Balaban J connectivity index is 3.27. The summed E-state index contributed by atoms with van der Waals surface area (Å²) in [7, 11) is 0. The van der Waals surface area contributed by atoms with Crippen molar-refractivity contribution in [3.8, 4) is 0 Å². The molecule has 12 heavy (non-hydrogen) atoms. The van der Waals surface area contributed by atoms with Crippen LogP contribution in [-0.4, -0.2) is 4.98 Å². The first-order chi connectivity index (χ1) is 5.54. The van der Waals surface area contributed by atoms with E-state index in [0.717, 1.165) is 0 Å². The molecule has 0 fully saturated rings. The normalized spacial score (nSPS) is 10.8. The van der Waals surface area contributed by atoms with Gasteiger partial charge in [-0.05, 0) is 61.1 Å². The molecule has 0 N–H and O–H groups in total. The molecular weight excluding hydrogens is 458 g/mol. The van der Waals surface area contributed by atoms with Gasteiger partial charge in [-0.25, -0.2) is 13.8 Å². The van der Waals surface area contributed by atoms with Gasteiger partial charge in [0.1, 0.15) is 3.70 Å². The van der Waals surface area contributed by atoms with Crippen LogP contribution in [0.5, 0.6) is 0 Å². The van der Waals surface area contributed by atoms with E-state index in [4.69, 9.17) is 0 Å². The summed E-state index contributed by atoms with van der Waals surface area (Å²) in [5, 5.41) is 0.